The van der Waals surface area contributed by atoms with Crippen LogP contribution in [-0.2, 0) is 7.05 Å². The lowest BCUT2D eigenvalue weighted by atomic mass is 9.95. The molecule has 0 fully saturated rings. The van der Waals surface area contributed by atoms with E-state index in [4.69, 9.17) is 4.98 Å². The molecule has 0 atom stereocenters. The van der Waals surface area contributed by atoms with E-state index in [1.165, 1.54) is 16.2 Å². The summed E-state index contributed by atoms with van der Waals surface area (Å²) in [5, 5.41) is 4.76. The molecule has 6 aromatic rings. The van der Waals surface area contributed by atoms with E-state index in [0.717, 1.165) is 50.6 Å². The van der Waals surface area contributed by atoms with Crippen molar-refractivity contribution in [2.24, 2.45) is 7.05 Å². The van der Waals surface area contributed by atoms with E-state index in [1.54, 1.807) is 0 Å². The minimum atomic E-state index is 0.362. The Labute approximate surface area is 198 Å². The van der Waals surface area contributed by atoms with Gasteiger partial charge in [-0.15, -0.1) is 0 Å². The van der Waals surface area contributed by atoms with E-state index in [9.17, 15) is 0 Å². The van der Waals surface area contributed by atoms with Crippen LogP contribution in [-0.4, -0.2) is 29.5 Å². The average molecular weight is 449 g/mol. The first-order valence-electron chi connectivity index (χ1n) is 11.8. The van der Waals surface area contributed by atoms with Crippen molar-refractivity contribution in [1.29, 1.82) is 0 Å². The third-order valence-corrected chi connectivity index (χ3v) is 6.68. The summed E-state index contributed by atoms with van der Waals surface area (Å²) in [5.41, 5.74) is 6.47. The molecule has 2 N–H and O–H groups in total. The topological polar surface area (TPSA) is 75.2 Å². The van der Waals surface area contributed by atoms with Crippen LogP contribution in [0.15, 0.2) is 55.1 Å². The highest BCUT2D eigenvalue weighted by Crippen LogP contribution is 2.38. The first-order valence-corrected chi connectivity index (χ1v) is 11.8. The number of hydrogen-bond acceptors (Lipinski definition) is 3. The number of aryl methyl sites for hydroxylation is 1. The van der Waals surface area contributed by atoms with Crippen LogP contribution < -0.4 is 0 Å². The van der Waals surface area contributed by atoms with Crippen LogP contribution in [0.3, 0.4) is 0 Å². The Hall–Kier alpha value is -3.93. The summed E-state index contributed by atoms with van der Waals surface area (Å²) in [6.07, 6.45) is 5.76. The maximum atomic E-state index is 4.81. The van der Waals surface area contributed by atoms with Crippen LogP contribution in [0.5, 0.6) is 0 Å². The molecule has 3 aromatic carbocycles. The van der Waals surface area contributed by atoms with Gasteiger partial charge in [0.1, 0.15) is 11.6 Å². The highest BCUT2D eigenvalue weighted by molar-refractivity contribution is 6.24. The van der Waals surface area contributed by atoms with E-state index >= 15 is 0 Å². The van der Waals surface area contributed by atoms with Gasteiger partial charge in [-0.25, -0.2) is 15.0 Å². The lowest BCUT2D eigenvalue weighted by molar-refractivity contribution is 0.795. The van der Waals surface area contributed by atoms with Crippen molar-refractivity contribution in [3.8, 4) is 22.5 Å². The number of fused-ring (bicyclic) bond motifs is 6. The van der Waals surface area contributed by atoms with Gasteiger partial charge in [0.25, 0.3) is 0 Å². The Kier molecular flexibility index (Phi) is 4.59. The predicted molar refractivity (Wildman–Crippen MR) is 139 cm³/mol. The number of aromatic amines is 2. The van der Waals surface area contributed by atoms with Crippen LogP contribution in [0, 0.1) is 0 Å². The monoisotopic (exact) mass is 448 g/mol. The van der Waals surface area contributed by atoms with Crippen LogP contribution in [0.25, 0.3) is 55.1 Å². The maximum Gasteiger partial charge on any atom is 0.109 e. The van der Waals surface area contributed by atoms with Gasteiger partial charge >= 0.3 is 0 Å². The van der Waals surface area contributed by atoms with Crippen molar-refractivity contribution in [3.05, 3.63) is 66.8 Å². The fraction of sp³-hybridized carbons (Fsp3) is 0.250. The smallest absolute Gasteiger partial charge is 0.109 e. The molecule has 0 saturated heterocycles. The predicted octanol–water partition coefficient (Wildman–Crippen LogP) is 6.91. The molecular weight excluding hydrogens is 420 g/mol. The number of hydrogen-bond donors (Lipinski definition) is 2. The largest absolute Gasteiger partial charge is 0.342 e. The second-order valence-electron chi connectivity index (χ2n) is 9.75. The first-order chi connectivity index (χ1) is 16.4. The highest BCUT2D eigenvalue weighted by Gasteiger charge is 2.16. The van der Waals surface area contributed by atoms with E-state index in [2.05, 4.69) is 95.6 Å². The minimum Gasteiger partial charge on any atom is -0.342 e. The Morgan fingerprint density at radius 1 is 0.676 bits per heavy atom. The lowest BCUT2D eigenvalue weighted by Crippen LogP contribution is -1.91. The van der Waals surface area contributed by atoms with E-state index < -0.39 is 0 Å². The van der Waals surface area contributed by atoms with Crippen molar-refractivity contribution in [2.45, 2.75) is 39.5 Å². The summed E-state index contributed by atoms with van der Waals surface area (Å²) < 4.78 is 2.12. The summed E-state index contributed by atoms with van der Waals surface area (Å²) in [4.78, 5) is 20.9. The first kappa shape index (κ1) is 20.7. The van der Waals surface area contributed by atoms with Crippen molar-refractivity contribution in [1.82, 2.24) is 29.5 Å². The summed E-state index contributed by atoms with van der Waals surface area (Å²) in [6.45, 7) is 8.59. The molecule has 0 aliphatic rings. The van der Waals surface area contributed by atoms with Crippen LogP contribution in [0.1, 0.15) is 51.2 Å². The second-order valence-corrected chi connectivity index (χ2v) is 9.75. The van der Waals surface area contributed by atoms with Crippen LogP contribution >= 0.6 is 0 Å². The minimum absolute atomic E-state index is 0.362. The molecular formula is C28H28N6. The maximum absolute atomic E-state index is 4.81. The quantitative estimate of drug-likeness (QED) is 0.288. The molecule has 6 heteroatoms. The van der Waals surface area contributed by atoms with Crippen LogP contribution in [0.4, 0.5) is 0 Å². The molecule has 0 radical (unpaired) electrons. The molecule has 6 nitrogen and oxygen atoms in total. The molecule has 6 rings (SSSR count). The van der Waals surface area contributed by atoms with Crippen LogP contribution in [0.2, 0.25) is 0 Å². The Bertz CT molecular complexity index is 1680. The van der Waals surface area contributed by atoms with Gasteiger partial charge in [0, 0.05) is 40.8 Å². The fourth-order valence-electron chi connectivity index (χ4n) is 4.78. The third-order valence-electron chi connectivity index (χ3n) is 6.68. The van der Waals surface area contributed by atoms with Gasteiger partial charge in [0.15, 0.2) is 0 Å². The van der Waals surface area contributed by atoms with Gasteiger partial charge in [-0.05, 0) is 22.9 Å². The van der Waals surface area contributed by atoms with Crippen molar-refractivity contribution in [3.63, 3.8) is 0 Å². The molecule has 3 heterocycles. The molecule has 0 unspecified atom stereocenters. The van der Waals surface area contributed by atoms with E-state index in [-0.39, 0.29) is 0 Å². The number of nitrogens with zero attached hydrogens (tertiary/aromatic N) is 4. The van der Waals surface area contributed by atoms with Gasteiger partial charge in [-0.1, -0.05) is 52.0 Å². The molecule has 3 aromatic heterocycles. The van der Waals surface area contributed by atoms with Crippen molar-refractivity contribution >= 4 is 32.6 Å². The summed E-state index contributed by atoms with van der Waals surface area (Å²) in [7, 11) is 2.06. The Balaban J connectivity index is 1.58. The summed E-state index contributed by atoms with van der Waals surface area (Å²) in [6, 6.07) is 13.3. The Morgan fingerprint density at radius 3 is 1.74 bits per heavy atom. The molecule has 0 aliphatic heterocycles. The number of aromatic nitrogens is 6. The third kappa shape index (κ3) is 3.13. The highest BCUT2D eigenvalue weighted by atomic mass is 15.0. The molecule has 0 amide bonds. The molecule has 170 valence electrons. The van der Waals surface area contributed by atoms with Gasteiger partial charge in [-0.3, -0.25) is 0 Å². The standard InChI is InChI=1S/C28H28N6/c1-15(2)27-29-12-23(32-27)17-6-8-19-20-9-7-18(24-13-30-28(33-24)16(3)4)11-22(20)26-25(21(19)10-17)31-14-34(26)5/h6-16H,1-5H3,(H,29,32)(H,30,33). The summed E-state index contributed by atoms with van der Waals surface area (Å²) in [5.74, 6) is 2.73. The number of benzene rings is 3. The second kappa shape index (κ2) is 7.55. The van der Waals surface area contributed by atoms with Crippen molar-refractivity contribution < 1.29 is 0 Å². The molecule has 0 aliphatic carbocycles. The normalized spacial score (nSPS) is 12.2. The number of nitrogens with one attached hydrogen (secondary N) is 2. The average Bonchev–Trinajstić information content (AvgIpc) is 3.58. The number of imidazole rings is 3. The van der Waals surface area contributed by atoms with Crippen molar-refractivity contribution in [2.75, 3.05) is 0 Å². The Morgan fingerprint density at radius 2 is 1.21 bits per heavy atom. The van der Waals surface area contributed by atoms with Gasteiger partial charge in [0.2, 0.25) is 0 Å². The molecule has 34 heavy (non-hydrogen) atoms. The zero-order valence-corrected chi connectivity index (χ0v) is 20.1. The zero-order chi connectivity index (χ0) is 23.6. The zero-order valence-electron chi connectivity index (χ0n) is 20.1. The van der Waals surface area contributed by atoms with E-state index in [0.29, 0.717) is 11.8 Å². The molecule has 0 spiro atoms. The SMILES string of the molecule is CC(C)c1ncc(-c2ccc3c4ccc(-c5cnc(C(C)C)[nH]5)cc4c4c(ncn4C)c3c2)[nH]1. The van der Waals surface area contributed by atoms with Gasteiger partial charge < -0.3 is 14.5 Å². The van der Waals surface area contributed by atoms with E-state index in [1.807, 2.05) is 18.7 Å². The number of H-pyrrole nitrogens is 2. The van der Waals surface area contributed by atoms with Gasteiger partial charge in [0.05, 0.1) is 41.1 Å². The molecule has 0 bridgehead atoms. The molecule has 0 saturated carbocycles. The fourth-order valence-corrected chi connectivity index (χ4v) is 4.78. The number of rotatable bonds is 4. The lowest BCUT2D eigenvalue weighted by Gasteiger charge is -2.11. The summed E-state index contributed by atoms with van der Waals surface area (Å²) >= 11 is 0. The van der Waals surface area contributed by atoms with Gasteiger partial charge in [-0.2, -0.15) is 0 Å².